The summed E-state index contributed by atoms with van der Waals surface area (Å²) >= 11 is 0. The number of imidazole rings is 1. The summed E-state index contributed by atoms with van der Waals surface area (Å²) in [5.74, 6) is -0.367. The lowest BCUT2D eigenvalue weighted by molar-refractivity contribution is 0.564. The van der Waals surface area contributed by atoms with Gasteiger partial charge in [-0.15, -0.1) is 0 Å². The molecule has 0 bridgehead atoms. The molecule has 0 radical (unpaired) electrons. The molecule has 2 aromatic carbocycles. The van der Waals surface area contributed by atoms with E-state index >= 15 is 0 Å². The molecule has 0 aliphatic carbocycles. The fraction of sp³-hybridized carbons (Fsp3) is 0.0909. The topological polar surface area (TPSA) is 117 Å². The normalized spacial score (nSPS) is 13.0. The molecule has 32 heavy (non-hydrogen) atoms. The van der Waals surface area contributed by atoms with Gasteiger partial charge in [0, 0.05) is 28.8 Å². The molecule has 0 spiro atoms. The maximum Gasteiger partial charge on any atom is 0.238 e. The highest BCUT2D eigenvalue weighted by molar-refractivity contribution is 7.89. The first-order chi connectivity index (χ1) is 15.3. The highest BCUT2D eigenvalue weighted by Crippen LogP contribution is 2.28. The second kappa shape index (κ2) is 7.43. The molecule has 0 fully saturated rings. The molecule has 0 amide bonds. The van der Waals surface area contributed by atoms with Crippen LogP contribution in [0.2, 0.25) is 0 Å². The number of nitrogens with two attached hydrogens (primary N) is 1. The minimum Gasteiger partial charge on any atom is -0.306 e. The number of sulfonamides is 1. The molecule has 2 N–H and O–H groups in total. The van der Waals surface area contributed by atoms with E-state index in [1.54, 1.807) is 47.6 Å². The number of nitrogens with zero attached hydrogens (tertiary/aromatic N) is 5. The van der Waals surface area contributed by atoms with Gasteiger partial charge in [-0.25, -0.2) is 32.9 Å². The molecule has 8 nitrogen and oxygen atoms in total. The number of pyridine rings is 1. The Balaban J connectivity index is 1.58. The van der Waals surface area contributed by atoms with Crippen molar-refractivity contribution in [2.75, 3.05) is 0 Å². The number of hydrogen-bond acceptors (Lipinski definition) is 6. The summed E-state index contributed by atoms with van der Waals surface area (Å²) < 4.78 is 39.6. The van der Waals surface area contributed by atoms with E-state index in [0.29, 0.717) is 33.6 Å². The number of benzene rings is 2. The summed E-state index contributed by atoms with van der Waals surface area (Å²) in [6, 6.07) is 12.5. The van der Waals surface area contributed by atoms with Gasteiger partial charge >= 0.3 is 0 Å². The van der Waals surface area contributed by atoms with Gasteiger partial charge in [0.1, 0.15) is 5.82 Å². The van der Waals surface area contributed by atoms with E-state index in [2.05, 4.69) is 19.9 Å². The molecule has 3 heterocycles. The zero-order valence-corrected chi connectivity index (χ0v) is 17.7. The van der Waals surface area contributed by atoms with Crippen molar-refractivity contribution in [1.82, 2.24) is 24.5 Å². The molecule has 0 aliphatic heterocycles. The van der Waals surface area contributed by atoms with Crippen molar-refractivity contribution in [3.8, 4) is 11.3 Å². The summed E-state index contributed by atoms with van der Waals surface area (Å²) in [5.41, 5.74) is 3.16. The number of fused-ring (bicyclic) bond motifs is 2. The summed E-state index contributed by atoms with van der Waals surface area (Å²) in [6.45, 7) is 1.86. The molecule has 1 atom stereocenters. The lowest BCUT2D eigenvalue weighted by Gasteiger charge is -2.16. The van der Waals surface area contributed by atoms with Crippen LogP contribution in [0.4, 0.5) is 4.39 Å². The van der Waals surface area contributed by atoms with Crippen molar-refractivity contribution in [3.63, 3.8) is 0 Å². The Morgan fingerprint density at radius 1 is 1.06 bits per heavy atom. The summed E-state index contributed by atoms with van der Waals surface area (Å²) in [7, 11) is -3.79. The predicted octanol–water partition coefficient (Wildman–Crippen LogP) is 3.44. The largest absolute Gasteiger partial charge is 0.306 e. The monoisotopic (exact) mass is 448 g/mol. The quantitative estimate of drug-likeness (QED) is 0.450. The molecule has 5 rings (SSSR count). The SMILES string of the molecule is CC(c1cc2cccnc2cc1F)n1cnc2ncc(-c3ccc(S(N)(=O)=O)cc3)nc21. The zero-order valence-electron chi connectivity index (χ0n) is 16.8. The third kappa shape index (κ3) is 3.49. The van der Waals surface area contributed by atoms with Crippen LogP contribution in [0.1, 0.15) is 18.5 Å². The Morgan fingerprint density at radius 2 is 1.84 bits per heavy atom. The zero-order chi connectivity index (χ0) is 22.5. The van der Waals surface area contributed by atoms with Crippen molar-refractivity contribution in [3.05, 3.63) is 78.6 Å². The molecule has 5 aromatic rings. The molecule has 0 aliphatic rings. The van der Waals surface area contributed by atoms with Crippen molar-refractivity contribution in [2.24, 2.45) is 5.14 Å². The van der Waals surface area contributed by atoms with Gasteiger partial charge in [-0.1, -0.05) is 18.2 Å². The molecule has 0 saturated carbocycles. The van der Waals surface area contributed by atoms with Crippen LogP contribution in [-0.2, 0) is 10.0 Å². The van der Waals surface area contributed by atoms with Crippen molar-refractivity contribution in [1.29, 1.82) is 0 Å². The average molecular weight is 448 g/mol. The maximum absolute atomic E-state index is 14.9. The van der Waals surface area contributed by atoms with Gasteiger partial charge in [-0.05, 0) is 31.2 Å². The van der Waals surface area contributed by atoms with E-state index in [4.69, 9.17) is 5.14 Å². The predicted molar refractivity (Wildman–Crippen MR) is 118 cm³/mol. The minimum atomic E-state index is -3.79. The summed E-state index contributed by atoms with van der Waals surface area (Å²) in [4.78, 5) is 17.5. The van der Waals surface area contributed by atoms with Crippen molar-refractivity contribution < 1.29 is 12.8 Å². The van der Waals surface area contributed by atoms with E-state index in [1.165, 1.54) is 18.2 Å². The molecular weight excluding hydrogens is 431 g/mol. The fourth-order valence-corrected chi connectivity index (χ4v) is 4.14. The van der Waals surface area contributed by atoms with Gasteiger partial charge in [-0.2, -0.15) is 0 Å². The van der Waals surface area contributed by atoms with Gasteiger partial charge in [0.25, 0.3) is 0 Å². The van der Waals surface area contributed by atoms with E-state index in [1.807, 2.05) is 13.0 Å². The highest BCUT2D eigenvalue weighted by atomic mass is 32.2. The second-order valence-electron chi connectivity index (χ2n) is 7.37. The van der Waals surface area contributed by atoms with Crippen LogP contribution in [0.15, 0.2) is 72.1 Å². The van der Waals surface area contributed by atoms with E-state index in [9.17, 15) is 12.8 Å². The van der Waals surface area contributed by atoms with Crippen LogP contribution >= 0.6 is 0 Å². The fourth-order valence-electron chi connectivity index (χ4n) is 3.63. The number of hydrogen-bond donors (Lipinski definition) is 1. The molecule has 1 unspecified atom stereocenters. The molecule has 160 valence electrons. The lowest BCUT2D eigenvalue weighted by atomic mass is 10.0. The van der Waals surface area contributed by atoms with Gasteiger partial charge in [0.15, 0.2) is 11.3 Å². The Kier molecular flexibility index (Phi) is 4.68. The first-order valence-electron chi connectivity index (χ1n) is 9.68. The Labute approximate surface area is 182 Å². The lowest BCUT2D eigenvalue weighted by Crippen LogP contribution is -2.11. The standard InChI is InChI=1S/C22H17FN6O2S/c1-13(17-9-15-3-2-8-25-19(15)10-18(17)23)29-12-27-21-22(29)28-20(11-26-21)14-4-6-16(7-5-14)32(24,30)31/h2-13H,1H3,(H2,24,30,31). The number of primary sulfonamides is 1. The van der Waals surface area contributed by atoms with Crippen LogP contribution in [0, 0.1) is 5.82 Å². The van der Waals surface area contributed by atoms with Gasteiger partial charge < -0.3 is 4.57 Å². The third-order valence-electron chi connectivity index (χ3n) is 5.35. The van der Waals surface area contributed by atoms with Crippen LogP contribution in [-0.4, -0.2) is 32.9 Å². The maximum atomic E-state index is 14.9. The first kappa shape index (κ1) is 20.2. The average Bonchev–Trinajstić information content (AvgIpc) is 3.21. The van der Waals surface area contributed by atoms with Crippen LogP contribution in [0.25, 0.3) is 33.5 Å². The second-order valence-corrected chi connectivity index (χ2v) is 8.93. The Morgan fingerprint density at radius 3 is 2.59 bits per heavy atom. The molecular formula is C22H17FN6O2S. The molecule has 10 heteroatoms. The van der Waals surface area contributed by atoms with Gasteiger partial charge in [-0.3, -0.25) is 4.98 Å². The van der Waals surface area contributed by atoms with Crippen LogP contribution < -0.4 is 5.14 Å². The number of rotatable bonds is 4. The Bertz CT molecular complexity index is 1580. The smallest absolute Gasteiger partial charge is 0.238 e. The molecule has 3 aromatic heterocycles. The van der Waals surface area contributed by atoms with E-state index in [0.717, 1.165) is 5.39 Å². The summed E-state index contributed by atoms with van der Waals surface area (Å²) in [6.07, 6.45) is 4.76. The van der Waals surface area contributed by atoms with Crippen LogP contribution in [0.3, 0.4) is 0 Å². The van der Waals surface area contributed by atoms with Gasteiger partial charge in [0.2, 0.25) is 10.0 Å². The van der Waals surface area contributed by atoms with Crippen molar-refractivity contribution >= 4 is 32.2 Å². The van der Waals surface area contributed by atoms with E-state index < -0.39 is 16.1 Å². The van der Waals surface area contributed by atoms with Gasteiger partial charge in [0.05, 0.1) is 34.7 Å². The summed E-state index contributed by atoms with van der Waals surface area (Å²) in [5, 5.41) is 5.99. The minimum absolute atomic E-state index is 0.00946. The highest BCUT2D eigenvalue weighted by Gasteiger charge is 2.18. The van der Waals surface area contributed by atoms with E-state index in [-0.39, 0.29) is 10.7 Å². The number of halogens is 1. The van der Waals surface area contributed by atoms with Crippen LogP contribution in [0.5, 0.6) is 0 Å². The Hall–Kier alpha value is -3.76. The number of aromatic nitrogens is 5. The first-order valence-corrected chi connectivity index (χ1v) is 11.2. The van der Waals surface area contributed by atoms with Crippen molar-refractivity contribution in [2.45, 2.75) is 17.9 Å². The molecule has 0 saturated heterocycles. The third-order valence-corrected chi connectivity index (χ3v) is 6.28.